The van der Waals surface area contributed by atoms with Crippen molar-refractivity contribution in [1.29, 1.82) is 0 Å². The molecule has 1 fully saturated rings. The Hall–Kier alpha value is -3.55. The normalized spacial score (nSPS) is 15.8. The van der Waals surface area contributed by atoms with E-state index >= 15 is 0 Å². The number of rotatable bonds is 7. The van der Waals surface area contributed by atoms with E-state index in [9.17, 15) is 9.18 Å². The number of likely N-dealkylation sites (tertiary alicyclic amines) is 1. The van der Waals surface area contributed by atoms with Gasteiger partial charge in [0, 0.05) is 50.9 Å². The van der Waals surface area contributed by atoms with Gasteiger partial charge >= 0.3 is 0 Å². The van der Waals surface area contributed by atoms with Gasteiger partial charge in [0.1, 0.15) is 11.6 Å². The van der Waals surface area contributed by atoms with Crippen LogP contribution in [0.2, 0.25) is 0 Å². The number of piperidine rings is 1. The highest BCUT2D eigenvalue weighted by molar-refractivity contribution is 5.77. The average Bonchev–Trinajstić information content (AvgIpc) is 2.84. The first-order valence-electron chi connectivity index (χ1n) is 11.2. The number of aromatic nitrogens is 3. The average molecular weight is 450 g/mol. The molecule has 2 aromatic heterocycles. The summed E-state index contributed by atoms with van der Waals surface area (Å²) in [4.78, 5) is 30.5. The van der Waals surface area contributed by atoms with Gasteiger partial charge in [-0.25, -0.2) is 14.4 Å². The largest absolute Gasteiger partial charge is 0.493 e. The Morgan fingerprint density at radius 1 is 1.21 bits per heavy atom. The molecule has 0 bridgehead atoms. The molecule has 1 amide bonds. The number of amides is 1. The van der Waals surface area contributed by atoms with Crippen molar-refractivity contribution in [2.75, 3.05) is 32.1 Å². The number of benzene rings is 1. The van der Waals surface area contributed by atoms with Crippen LogP contribution in [0.5, 0.6) is 5.75 Å². The van der Waals surface area contributed by atoms with E-state index in [1.165, 1.54) is 12.1 Å². The first-order valence-corrected chi connectivity index (χ1v) is 11.2. The van der Waals surface area contributed by atoms with Crippen molar-refractivity contribution in [3.63, 3.8) is 0 Å². The number of hydrogen-bond acceptors (Lipinski definition) is 6. The summed E-state index contributed by atoms with van der Waals surface area (Å²) in [5.41, 5.74) is 2.72. The maximum Gasteiger partial charge on any atom is 0.226 e. The Kier molecular flexibility index (Phi) is 7.12. The number of carbonyl (C=O) groups is 1. The lowest BCUT2D eigenvalue weighted by molar-refractivity contribution is -0.135. The highest BCUT2D eigenvalue weighted by atomic mass is 19.1. The van der Waals surface area contributed by atoms with Crippen LogP contribution >= 0.6 is 0 Å². The topological polar surface area (TPSA) is 71.5 Å². The first-order chi connectivity index (χ1) is 16.0. The fourth-order valence-corrected chi connectivity index (χ4v) is 4.08. The molecule has 1 aromatic carbocycles. The number of halogens is 1. The van der Waals surface area contributed by atoms with Crippen molar-refractivity contribution in [3.05, 3.63) is 66.5 Å². The van der Waals surface area contributed by atoms with Crippen LogP contribution in [-0.4, -0.2) is 53.0 Å². The van der Waals surface area contributed by atoms with E-state index in [4.69, 9.17) is 9.72 Å². The van der Waals surface area contributed by atoms with Crippen LogP contribution in [0, 0.1) is 5.82 Å². The Bertz CT molecular complexity index is 1090. The third-order valence-electron chi connectivity index (χ3n) is 5.72. The van der Waals surface area contributed by atoms with Gasteiger partial charge in [-0.15, -0.1) is 0 Å². The molecule has 4 rings (SSSR count). The minimum absolute atomic E-state index is 0.00166. The third kappa shape index (κ3) is 5.45. The van der Waals surface area contributed by atoms with Crippen molar-refractivity contribution < 1.29 is 13.9 Å². The molecule has 1 saturated heterocycles. The van der Waals surface area contributed by atoms with Gasteiger partial charge in [-0.2, -0.15) is 0 Å². The number of ether oxygens (including phenoxy) is 1. The Balaban J connectivity index is 1.57. The summed E-state index contributed by atoms with van der Waals surface area (Å²) in [7, 11) is 3.80. The second-order valence-corrected chi connectivity index (χ2v) is 8.25. The molecule has 8 heteroatoms. The van der Waals surface area contributed by atoms with Crippen LogP contribution < -0.4 is 9.64 Å². The molecule has 33 heavy (non-hydrogen) atoms. The fourth-order valence-electron chi connectivity index (χ4n) is 4.08. The Morgan fingerprint density at radius 3 is 2.79 bits per heavy atom. The molecule has 3 heterocycles. The van der Waals surface area contributed by atoms with Gasteiger partial charge in [-0.3, -0.25) is 9.78 Å². The minimum atomic E-state index is -0.362. The summed E-state index contributed by atoms with van der Waals surface area (Å²) in [6.45, 7) is 0.857. The maximum atomic E-state index is 13.4. The lowest BCUT2D eigenvalue weighted by Crippen LogP contribution is -2.39. The minimum Gasteiger partial charge on any atom is -0.493 e. The smallest absolute Gasteiger partial charge is 0.226 e. The molecule has 0 N–H and O–H groups in total. The second kappa shape index (κ2) is 10.4. The molecule has 0 saturated carbocycles. The number of anilines is 1. The van der Waals surface area contributed by atoms with Gasteiger partial charge in [0.05, 0.1) is 24.8 Å². The highest BCUT2D eigenvalue weighted by Gasteiger charge is 2.31. The monoisotopic (exact) mass is 449 g/mol. The number of hydrogen-bond donors (Lipinski definition) is 0. The van der Waals surface area contributed by atoms with Crippen molar-refractivity contribution in [2.24, 2.45) is 0 Å². The summed E-state index contributed by atoms with van der Waals surface area (Å²) < 4.78 is 19.0. The molecule has 172 valence electrons. The Morgan fingerprint density at radius 2 is 2.03 bits per heavy atom. The lowest BCUT2D eigenvalue weighted by Gasteiger charge is -2.36. The summed E-state index contributed by atoms with van der Waals surface area (Å²) in [6.07, 6.45) is 8.33. The van der Waals surface area contributed by atoms with E-state index in [1.807, 2.05) is 42.2 Å². The van der Waals surface area contributed by atoms with Crippen molar-refractivity contribution >= 4 is 11.9 Å². The van der Waals surface area contributed by atoms with E-state index < -0.39 is 0 Å². The first kappa shape index (κ1) is 22.6. The zero-order valence-corrected chi connectivity index (χ0v) is 18.9. The molecule has 3 aromatic rings. The summed E-state index contributed by atoms with van der Waals surface area (Å²) >= 11 is 0. The van der Waals surface area contributed by atoms with Crippen molar-refractivity contribution in [3.8, 4) is 16.9 Å². The highest BCUT2D eigenvalue weighted by Crippen LogP contribution is 2.36. The predicted molar refractivity (Wildman–Crippen MR) is 124 cm³/mol. The number of carbonyl (C=O) groups excluding carboxylic acids is 1. The Labute approximate surface area is 193 Å². The molecule has 1 aliphatic rings. The van der Waals surface area contributed by atoms with Crippen LogP contribution in [0.1, 0.15) is 37.4 Å². The van der Waals surface area contributed by atoms with Gasteiger partial charge < -0.3 is 14.5 Å². The molecule has 1 aliphatic heterocycles. The van der Waals surface area contributed by atoms with Crippen molar-refractivity contribution in [2.45, 2.75) is 31.7 Å². The number of pyridine rings is 1. The van der Waals surface area contributed by atoms with E-state index in [2.05, 4.69) is 9.97 Å². The SMILES string of the molecule is CN(C)c1ncc(-c2ccncc2)c([C@H]2CCCCN2C(=O)CCOc2cccc(F)c2)n1. The van der Waals surface area contributed by atoms with Crippen LogP contribution in [-0.2, 0) is 4.79 Å². The zero-order chi connectivity index (χ0) is 23.2. The molecule has 0 aliphatic carbocycles. The van der Waals surface area contributed by atoms with Gasteiger partial charge in [-0.05, 0) is 49.1 Å². The van der Waals surface area contributed by atoms with E-state index in [0.29, 0.717) is 18.2 Å². The summed E-state index contributed by atoms with van der Waals surface area (Å²) in [6, 6.07) is 9.66. The van der Waals surface area contributed by atoms with Gasteiger partial charge in [0.2, 0.25) is 11.9 Å². The van der Waals surface area contributed by atoms with Crippen molar-refractivity contribution in [1.82, 2.24) is 19.9 Å². The molecule has 7 nitrogen and oxygen atoms in total. The van der Waals surface area contributed by atoms with Gasteiger partial charge in [-0.1, -0.05) is 6.07 Å². The van der Waals surface area contributed by atoms with Crippen LogP contribution in [0.15, 0.2) is 55.0 Å². The summed E-state index contributed by atoms with van der Waals surface area (Å²) in [5.74, 6) is 0.667. The quantitative estimate of drug-likeness (QED) is 0.537. The molecule has 0 unspecified atom stereocenters. The predicted octanol–water partition coefficient (Wildman–Crippen LogP) is 4.27. The van der Waals surface area contributed by atoms with Gasteiger partial charge in [0.25, 0.3) is 0 Å². The molecule has 1 atom stereocenters. The second-order valence-electron chi connectivity index (χ2n) is 8.25. The molecular formula is C25H28FN5O2. The third-order valence-corrected chi connectivity index (χ3v) is 5.72. The van der Waals surface area contributed by atoms with Crippen LogP contribution in [0.25, 0.3) is 11.1 Å². The van der Waals surface area contributed by atoms with Gasteiger partial charge in [0.15, 0.2) is 0 Å². The molecule has 0 radical (unpaired) electrons. The standard InChI is InChI=1S/C25H28FN5O2/c1-30(2)25-28-17-21(18-9-12-27-13-10-18)24(29-25)22-8-3-4-14-31(22)23(32)11-15-33-20-7-5-6-19(26)16-20/h5-7,9-10,12-13,16-17,22H,3-4,8,11,14-15H2,1-2H3/t22-/m1/s1. The van der Waals surface area contributed by atoms with Crippen LogP contribution in [0.4, 0.5) is 10.3 Å². The van der Waals surface area contributed by atoms with E-state index in [1.54, 1.807) is 24.5 Å². The molecule has 0 spiro atoms. The van der Waals surface area contributed by atoms with E-state index in [0.717, 1.165) is 36.1 Å². The fraction of sp³-hybridized carbons (Fsp3) is 0.360. The van der Waals surface area contributed by atoms with Crippen LogP contribution in [0.3, 0.4) is 0 Å². The molecular weight excluding hydrogens is 421 g/mol. The number of nitrogens with zero attached hydrogens (tertiary/aromatic N) is 5. The van der Waals surface area contributed by atoms with E-state index in [-0.39, 0.29) is 30.8 Å². The summed E-state index contributed by atoms with van der Waals surface area (Å²) in [5, 5.41) is 0. The lowest BCUT2D eigenvalue weighted by atomic mass is 9.94. The maximum absolute atomic E-state index is 13.4. The zero-order valence-electron chi connectivity index (χ0n) is 18.9.